The Balaban J connectivity index is 2.10. The van der Waals surface area contributed by atoms with Gasteiger partial charge in [-0.05, 0) is 30.7 Å². The smallest absolute Gasteiger partial charge is 0.253 e. The average molecular weight is 284 g/mol. The molecular formula is C16H20N4O. The van der Waals surface area contributed by atoms with Crippen LogP contribution in [0.15, 0.2) is 42.7 Å². The summed E-state index contributed by atoms with van der Waals surface area (Å²) in [6.45, 7) is 3.61. The van der Waals surface area contributed by atoms with E-state index in [1.807, 2.05) is 24.3 Å². The number of rotatable bonds is 5. The van der Waals surface area contributed by atoms with Gasteiger partial charge in [-0.2, -0.15) is 0 Å². The molecule has 5 nitrogen and oxygen atoms in total. The van der Waals surface area contributed by atoms with Gasteiger partial charge in [0.25, 0.3) is 5.91 Å². The van der Waals surface area contributed by atoms with Crippen molar-refractivity contribution in [1.29, 1.82) is 0 Å². The molecule has 0 bridgehead atoms. The van der Waals surface area contributed by atoms with Crippen LogP contribution < -0.4 is 4.90 Å². The summed E-state index contributed by atoms with van der Waals surface area (Å²) in [5.41, 5.74) is 1.82. The maximum Gasteiger partial charge on any atom is 0.253 e. The standard InChI is InChI=1S/C16H20N4O/c1-4-20(16-17-10-5-11-18-16)12-13-6-8-14(9-7-13)15(21)19(2)3/h5-11H,4,12H2,1-3H3. The van der Waals surface area contributed by atoms with Gasteiger partial charge in [0, 0.05) is 45.1 Å². The molecular weight excluding hydrogens is 264 g/mol. The summed E-state index contributed by atoms with van der Waals surface area (Å²) in [5, 5.41) is 0. The van der Waals surface area contributed by atoms with Crippen molar-refractivity contribution in [3.05, 3.63) is 53.9 Å². The minimum atomic E-state index is 0.0142. The first-order valence-electron chi connectivity index (χ1n) is 6.94. The van der Waals surface area contributed by atoms with Gasteiger partial charge in [0.05, 0.1) is 0 Å². The average Bonchev–Trinajstić information content (AvgIpc) is 2.53. The highest BCUT2D eigenvalue weighted by Gasteiger charge is 2.10. The van der Waals surface area contributed by atoms with E-state index in [1.54, 1.807) is 37.5 Å². The summed E-state index contributed by atoms with van der Waals surface area (Å²) in [5.74, 6) is 0.730. The minimum Gasteiger partial charge on any atom is -0.345 e. The second-order valence-electron chi connectivity index (χ2n) is 4.96. The molecule has 1 aromatic carbocycles. The van der Waals surface area contributed by atoms with Gasteiger partial charge in [0.2, 0.25) is 5.95 Å². The molecule has 0 radical (unpaired) electrons. The molecule has 0 N–H and O–H groups in total. The van der Waals surface area contributed by atoms with Crippen LogP contribution in [0.3, 0.4) is 0 Å². The summed E-state index contributed by atoms with van der Waals surface area (Å²) in [6, 6.07) is 9.47. The zero-order valence-electron chi connectivity index (χ0n) is 12.7. The third-order valence-corrected chi connectivity index (χ3v) is 3.20. The van der Waals surface area contributed by atoms with E-state index in [2.05, 4.69) is 21.8 Å². The van der Waals surface area contributed by atoms with Gasteiger partial charge in [0.1, 0.15) is 0 Å². The zero-order chi connectivity index (χ0) is 15.2. The van der Waals surface area contributed by atoms with E-state index in [1.165, 1.54) is 0 Å². The molecule has 0 aliphatic carbocycles. The fourth-order valence-corrected chi connectivity index (χ4v) is 2.01. The second kappa shape index (κ2) is 6.83. The van der Waals surface area contributed by atoms with Gasteiger partial charge in [0.15, 0.2) is 0 Å². The maximum absolute atomic E-state index is 11.9. The van der Waals surface area contributed by atoms with Gasteiger partial charge in [-0.25, -0.2) is 9.97 Å². The Morgan fingerprint density at radius 3 is 2.24 bits per heavy atom. The molecule has 0 spiro atoms. The highest BCUT2D eigenvalue weighted by atomic mass is 16.2. The summed E-state index contributed by atoms with van der Waals surface area (Å²) in [7, 11) is 3.50. The van der Waals surface area contributed by atoms with Crippen molar-refractivity contribution in [3.8, 4) is 0 Å². The lowest BCUT2D eigenvalue weighted by molar-refractivity contribution is 0.0827. The molecule has 1 heterocycles. The lowest BCUT2D eigenvalue weighted by Crippen LogP contribution is -2.24. The number of amides is 1. The van der Waals surface area contributed by atoms with Crippen LogP contribution in [0.1, 0.15) is 22.8 Å². The lowest BCUT2D eigenvalue weighted by Gasteiger charge is -2.20. The van der Waals surface area contributed by atoms with E-state index in [9.17, 15) is 4.79 Å². The van der Waals surface area contributed by atoms with E-state index in [-0.39, 0.29) is 5.91 Å². The molecule has 5 heteroatoms. The van der Waals surface area contributed by atoms with Crippen LogP contribution in [0.2, 0.25) is 0 Å². The van der Waals surface area contributed by atoms with Crippen LogP contribution in [-0.4, -0.2) is 41.4 Å². The maximum atomic E-state index is 11.9. The molecule has 2 aromatic rings. The molecule has 2 rings (SSSR count). The second-order valence-corrected chi connectivity index (χ2v) is 4.96. The predicted molar refractivity (Wildman–Crippen MR) is 83.2 cm³/mol. The van der Waals surface area contributed by atoms with E-state index in [0.29, 0.717) is 11.5 Å². The molecule has 0 atom stereocenters. The van der Waals surface area contributed by atoms with E-state index in [0.717, 1.165) is 18.7 Å². The molecule has 0 aliphatic heterocycles. The highest BCUT2D eigenvalue weighted by molar-refractivity contribution is 5.93. The fourth-order valence-electron chi connectivity index (χ4n) is 2.01. The Labute approximate surface area is 125 Å². The Hall–Kier alpha value is -2.43. The topological polar surface area (TPSA) is 49.3 Å². The summed E-state index contributed by atoms with van der Waals surface area (Å²) < 4.78 is 0. The number of carbonyl (C=O) groups excluding carboxylic acids is 1. The van der Waals surface area contributed by atoms with Gasteiger partial charge in [-0.3, -0.25) is 4.79 Å². The largest absolute Gasteiger partial charge is 0.345 e. The van der Waals surface area contributed by atoms with Crippen molar-refractivity contribution in [3.63, 3.8) is 0 Å². The zero-order valence-corrected chi connectivity index (χ0v) is 12.7. The quantitative estimate of drug-likeness (QED) is 0.844. The van der Waals surface area contributed by atoms with Crippen LogP contribution in [0.4, 0.5) is 5.95 Å². The minimum absolute atomic E-state index is 0.0142. The van der Waals surface area contributed by atoms with Crippen LogP contribution in [0.5, 0.6) is 0 Å². The third-order valence-electron chi connectivity index (χ3n) is 3.20. The number of hydrogen-bond donors (Lipinski definition) is 0. The van der Waals surface area contributed by atoms with Gasteiger partial charge >= 0.3 is 0 Å². The fraction of sp³-hybridized carbons (Fsp3) is 0.312. The molecule has 0 unspecified atom stereocenters. The molecule has 1 amide bonds. The lowest BCUT2D eigenvalue weighted by atomic mass is 10.1. The van der Waals surface area contributed by atoms with Gasteiger partial charge < -0.3 is 9.80 Å². The number of benzene rings is 1. The van der Waals surface area contributed by atoms with Crippen LogP contribution >= 0.6 is 0 Å². The first-order chi connectivity index (χ1) is 10.1. The molecule has 0 fully saturated rings. The van der Waals surface area contributed by atoms with E-state index in [4.69, 9.17) is 0 Å². The predicted octanol–water partition coefficient (Wildman–Crippen LogP) is 2.20. The normalized spacial score (nSPS) is 10.2. The SMILES string of the molecule is CCN(Cc1ccc(C(=O)N(C)C)cc1)c1ncccn1. The van der Waals surface area contributed by atoms with Crippen molar-refractivity contribution < 1.29 is 4.79 Å². The molecule has 0 saturated heterocycles. The van der Waals surface area contributed by atoms with Crippen molar-refractivity contribution in [2.24, 2.45) is 0 Å². The van der Waals surface area contributed by atoms with Crippen LogP contribution in [-0.2, 0) is 6.54 Å². The summed E-state index contributed by atoms with van der Waals surface area (Å²) >= 11 is 0. The van der Waals surface area contributed by atoms with Crippen LogP contribution in [0, 0.1) is 0 Å². The first-order valence-corrected chi connectivity index (χ1v) is 6.94. The summed E-state index contributed by atoms with van der Waals surface area (Å²) in [6.07, 6.45) is 3.48. The highest BCUT2D eigenvalue weighted by Crippen LogP contribution is 2.12. The summed E-state index contributed by atoms with van der Waals surface area (Å²) in [4.78, 5) is 24.0. The van der Waals surface area contributed by atoms with E-state index >= 15 is 0 Å². The van der Waals surface area contributed by atoms with Crippen LogP contribution in [0.25, 0.3) is 0 Å². The number of carbonyl (C=O) groups is 1. The van der Waals surface area contributed by atoms with Gasteiger partial charge in [-0.1, -0.05) is 12.1 Å². The van der Waals surface area contributed by atoms with Crippen molar-refractivity contribution in [2.45, 2.75) is 13.5 Å². The molecule has 21 heavy (non-hydrogen) atoms. The molecule has 1 aromatic heterocycles. The number of aromatic nitrogens is 2. The number of nitrogens with zero attached hydrogens (tertiary/aromatic N) is 4. The molecule has 0 saturated carbocycles. The number of hydrogen-bond acceptors (Lipinski definition) is 4. The Bertz CT molecular complexity index is 581. The number of anilines is 1. The van der Waals surface area contributed by atoms with Gasteiger partial charge in [-0.15, -0.1) is 0 Å². The van der Waals surface area contributed by atoms with E-state index < -0.39 is 0 Å². The molecule has 110 valence electrons. The van der Waals surface area contributed by atoms with Crippen molar-refractivity contribution >= 4 is 11.9 Å². The molecule has 0 aliphatic rings. The Morgan fingerprint density at radius 2 is 1.71 bits per heavy atom. The van der Waals surface area contributed by atoms with Crippen molar-refractivity contribution in [1.82, 2.24) is 14.9 Å². The van der Waals surface area contributed by atoms with Crippen molar-refractivity contribution in [2.75, 3.05) is 25.5 Å². The monoisotopic (exact) mass is 284 g/mol. The third kappa shape index (κ3) is 3.78. The first kappa shape index (κ1) is 15.0. The Kier molecular flexibility index (Phi) is 4.87. The Morgan fingerprint density at radius 1 is 1.10 bits per heavy atom.